The number of fused-ring (bicyclic) bond motifs is 1. The third kappa shape index (κ3) is 6.27. The number of nitrogens with zero attached hydrogens (tertiary/aromatic N) is 2. The first kappa shape index (κ1) is 27.6. The molecule has 0 radical (unpaired) electrons. The van der Waals surface area contributed by atoms with Gasteiger partial charge in [0.25, 0.3) is 0 Å². The Hall–Kier alpha value is -3.94. The molecular weight excluding hydrogens is 547 g/mol. The number of benzene rings is 2. The summed E-state index contributed by atoms with van der Waals surface area (Å²) in [4.78, 5) is 21.4. The van der Waals surface area contributed by atoms with Crippen LogP contribution in [-0.4, -0.2) is 56.6 Å². The highest BCUT2D eigenvalue weighted by Crippen LogP contribution is 2.28. The maximum absolute atomic E-state index is 13.4. The molecule has 1 aliphatic rings. The van der Waals surface area contributed by atoms with Crippen LogP contribution >= 0.6 is 0 Å². The summed E-state index contributed by atoms with van der Waals surface area (Å²) in [6.07, 6.45) is -2.42. The largest absolute Gasteiger partial charge is 0.433 e. The van der Waals surface area contributed by atoms with Crippen molar-refractivity contribution in [2.75, 3.05) is 36.5 Å². The standard InChI is InChI=1S/C27H26F3N5O4S/c28-27(29,30)25-10-9-21(17-32-25)40(37,38)34-24(15-18-16-31-23-4-2-1-3-22(18)23)26(36)33-19-5-7-20(8-6-19)35-11-13-39-14-12-35/h1-10,16-17,24,31,34H,11-15H2,(H,33,36). The molecule has 3 heterocycles. The third-order valence-corrected chi connectivity index (χ3v) is 8.02. The third-order valence-electron chi connectivity index (χ3n) is 6.56. The number of hydrogen-bond donors (Lipinski definition) is 3. The maximum atomic E-state index is 13.4. The molecule has 0 bridgehead atoms. The van der Waals surface area contributed by atoms with Crippen molar-refractivity contribution in [3.8, 4) is 0 Å². The van der Waals surface area contributed by atoms with Crippen LogP contribution in [0, 0.1) is 0 Å². The number of carbonyl (C=O) groups is 1. The molecule has 13 heteroatoms. The Bertz CT molecular complexity index is 1580. The number of halogens is 3. The van der Waals surface area contributed by atoms with Crippen LogP contribution in [0.4, 0.5) is 24.5 Å². The number of sulfonamides is 1. The first-order valence-corrected chi connectivity index (χ1v) is 13.9. The van der Waals surface area contributed by atoms with E-state index in [9.17, 15) is 26.4 Å². The Morgan fingerprint density at radius 3 is 2.45 bits per heavy atom. The van der Waals surface area contributed by atoms with Gasteiger partial charge in [0.1, 0.15) is 16.6 Å². The van der Waals surface area contributed by atoms with Crippen molar-refractivity contribution in [1.82, 2.24) is 14.7 Å². The number of morpholine rings is 1. The van der Waals surface area contributed by atoms with Crippen LogP contribution in [0.2, 0.25) is 0 Å². The Morgan fingerprint density at radius 1 is 1.05 bits per heavy atom. The number of aromatic amines is 1. The molecule has 1 amide bonds. The monoisotopic (exact) mass is 573 g/mol. The van der Waals surface area contributed by atoms with Gasteiger partial charge in [-0.1, -0.05) is 18.2 Å². The van der Waals surface area contributed by atoms with Gasteiger partial charge in [0.15, 0.2) is 0 Å². The number of amides is 1. The van der Waals surface area contributed by atoms with Gasteiger partial charge >= 0.3 is 6.18 Å². The molecular formula is C27H26F3N5O4S. The summed E-state index contributed by atoms with van der Waals surface area (Å²) in [7, 11) is -4.41. The van der Waals surface area contributed by atoms with Crippen molar-refractivity contribution in [3.63, 3.8) is 0 Å². The first-order valence-electron chi connectivity index (χ1n) is 12.4. The van der Waals surface area contributed by atoms with Gasteiger partial charge in [-0.3, -0.25) is 9.78 Å². The van der Waals surface area contributed by atoms with Gasteiger partial charge in [0.2, 0.25) is 15.9 Å². The zero-order valence-corrected chi connectivity index (χ0v) is 21.9. The number of hydrogen-bond acceptors (Lipinski definition) is 6. The van der Waals surface area contributed by atoms with E-state index < -0.39 is 38.7 Å². The van der Waals surface area contributed by atoms with Crippen LogP contribution in [0.5, 0.6) is 0 Å². The van der Waals surface area contributed by atoms with E-state index in [-0.39, 0.29) is 6.42 Å². The maximum Gasteiger partial charge on any atom is 0.433 e. The van der Waals surface area contributed by atoms with Gasteiger partial charge in [0.05, 0.1) is 13.2 Å². The molecule has 4 aromatic rings. The Morgan fingerprint density at radius 2 is 1.77 bits per heavy atom. The van der Waals surface area contributed by atoms with E-state index in [4.69, 9.17) is 4.74 Å². The van der Waals surface area contributed by atoms with Crippen molar-refractivity contribution in [3.05, 3.63) is 84.3 Å². The highest BCUT2D eigenvalue weighted by atomic mass is 32.2. The highest BCUT2D eigenvalue weighted by molar-refractivity contribution is 7.89. The molecule has 5 rings (SSSR count). The summed E-state index contributed by atoms with van der Waals surface area (Å²) in [5, 5.41) is 3.56. The van der Waals surface area contributed by atoms with Gasteiger partial charge in [-0.15, -0.1) is 0 Å². The van der Waals surface area contributed by atoms with Crippen LogP contribution in [0.15, 0.2) is 78.0 Å². The minimum Gasteiger partial charge on any atom is -0.378 e. The first-order chi connectivity index (χ1) is 19.1. The lowest BCUT2D eigenvalue weighted by Crippen LogP contribution is -2.45. The van der Waals surface area contributed by atoms with Gasteiger partial charge < -0.3 is 19.9 Å². The second kappa shape index (κ2) is 11.3. The van der Waals surface area contributed by atoms with Crippen LogP contribution < -0.4 is 14.9 Å². The second-order valence-electron chi connectivity index (χ2n) is 9.25. The number of alkyl halides is 3. The summed E-state index contributed by atoms with van der Waals surface area (Å²) < 4.78 is 72.8. The van der Waals surface area contributed by atoms with E-state index in [0.29, 0.717) is 36.7 Å². The van der Waals surface area contributed by atoms with Crippen LogP contribution in [0.25, 0.3) is 10.9 Å². The zero-order valence-electron chi connectivity index (χ0n) is 21.1. The summed E-state index contributed by atoms with van der Waals surface area (Å²) in [5.41, 5.74) is 1.70. The van der Waals surface area contributed by atoms with Crippen LogP contribution in [0.3, 0.4) is 0 Å². The fourth-order valence-electron chi connectivity index (χ4n) is 4.48. The van der Waals surface area contributed by atoms with E-state index in [1.807, 2.05) is 36.4 Å². The van der Waals surface area contributed by atoms with Gasteiger partial charge in [-0.25, -0.2) is 8.42 Å². The molecule has 0 spiro atoms. The lowest BCUT2D eigenvalue weighted by atomic mass is 10.0. The predicted molar refractivity (Wildman–Crippen MR) is 143 cm³/mol. The Labute approximate surface area is 228 Å². The number of ether oxygens (including phenoxy) is 1. The van der Waals surface area contributed by atoms with Crippen molar-refractivity contribution >= 4 is 38.2 Å². The van der Waals surface area contributed by atoms with E-state index in [1.165, 1.54) is 0 Å². The molecule has 1 atom stereocenters. The summed E-state index contributed by atoms with van der Waals surface area (Å²) in [5.74, 6) is -0.632. The number of aromatic nitrogens is 2. The number of pyridine rings is 1. The number of para-hydroxylation sites is 1. The minimum atomic E-state index is -4.72. The molecule has 210 valence electrons. The number of rotatable bonds is 8. The minimum absolute atomic E-state index is 0.0188. The molecule has 1 aliphatic heterocycles. The average molecular weight is 574 g/mol. The Kier molecular flexibility index (Phi) is 7.79. The average Bonchev–Trinajstić information content (AvgIpc) is 3.36. The fourth-order valence-corrected chi connectivity index (χ4v) is 5.62. The van der Waals surface area contributed by atoms with E-state index >= 15 is 0 Å². The second-order valence-corrected chi connectivity index (χ2v) is 11.0. The lowest BCUT2D eigenvalue weighted by molar-refractivity contribution is -0.141. The smallest absolute Gasteiger partial charge is 0.378 e. The molecule has 1 fully saturated rings. The molecule has 1 saturated heterocycles. The van der Waals surface area contributed by atoms with E-state index in [2.05, 4.69) is 24.9 Å². The quantitative estimate of drug-likeness (QED) is 0.294. The SMILES string of the molecule is O=C(Nc1ccc(N2CCOCC2)cc1)C(Cc1c[nH]c2ccccc12)NS(=O)(=O)c1ccc(C(F)(F)F)nc1. The van der Waals surface area contributed by atoms with Crippen LogP contribution in [0.1, 0.15) is 11.3 Å². The van der Waals surface area contributed by atoms with Gasteiger partial charge in [-0.2, -0.15) is 17.9 Å². The van der Waals surface area contributed by atoms with Crippen molar-refractivity contribution in [1.29, 1.82) is 0 Å². The topological polar surface area (TPSA) is 116 Å². The van der Waals surface area contributed by atoms with Crippen LogP contribution in [-0.2, 0) is 32.2 Å². The predicted octanol–water partition coefficient (Wildman–Crippen LogP) is 3.95. The summed E-state index contributed by atoms with van der Waals surface area (Å²) in [6.45, 7) is 2.75. The highest BCUT2D eigenvalue weighted by Gasteiger charge is 2.33. The number of nitrogens with one attached hydrogen (secondary N) is 3. The molecule has 3 N–H and O–H groups in total. The van der Waals surface area contributed by atoms with Gasteiger partial charge in [0, 0.05) is 47.8 Å². The molecule has 1 unspecified atom stereocenters. The van der Waals surface area contributed by atoms with Crippen molar-refractivity contribution in [2.45, 2.75) is 23.5 Å². The lowest BCUT2D eigenvalue weighted by Gasteiger charge is -2.29. The molecule has 0 aliphatic carbocycles. The van der Waals surface area contributed by atoms with Crippen molar-refractivity contribution < 1.29 is 31.1 Å². The number of carbonyl (C=O) groups excluding carboxylic acids is 1. The Balaban J connectivity index is 1.38. The number of H-pyrrole nitrogens is 1. The van der Waals surface area contributed by atoms with Gasteiger partial charge in [-0.05, 0) is 54.4 Å². The summed E-state index contributed by atoms with van der Waals surface area (Å²) >= 11 is 0. The normalized spacial score (nSPS) is 15.2. The fraction of sp³-hybridized carbons (Fsp3) is 0.259. The zero-order chi connectivity index (χ0) is 28.3. The van der Waals surface area contributed by atoms with E-state index in [0.717, 1.165) is 35.7 Å². The molecule has 2 aromatic carbocycles. The molecule has 0 saturated carbocycles. The summed E-state index contributed by atoms with van der Waals surface area (Å²) in [6, 6.07) is 14.6. The van der Waals surface area contributed by atoms with E-state index in [1.54, 1.807) is 18.3 Å². The molecule has 9 nitrogen and oxygen atoms in total. The molecule has 2 aromatic heterocycles. The molecule has 40 heavy (non-hydrogen) atoms. The van der Waals surface area contributed by atoms with Crippen molar-refractivity contribution in [2.24, 2.45) is 0 Å². The number of anilines is 2.